The molecule has 0 aliphatic heterocycles. The summed E-state index contributed by atoms with van der Waals surface area (Å²) in [5.41, 5.74) is 16.3. The quantitative estimate of drug-likeness (QED) is 0.421. The molecule has 1 amide bonds. The first kappa shape index (κ1) is 25.4. The van der Waals surface area contributed by atoms with E-state index in [2.05, 4.69) is 46.8 Å². The lowest BCUT2D eigenvalue weighted by atomic mass is 9.79. The average molecular weight is 458 g/mol. The van der Waals surface area contributed by atoms with Crippen LogP contribution in [-0.2, 0) is 6.42 Å². The van der Waals surface area contributed by atoms with E-state index < -0.39 is 5.91 Å². The molecule has 2 nitrogen and oxygen atoms in total. The summed E-state index contributed by atoms with van der Waals surface area (Å²) in [6.45, 7) is 12.4. The van der Waals surface area contributed by atoms with Crippen LogP contribution in [0.3, 0.4) is 0 Å². The van der Waals surface area contributed by atoms with Gasteiger partial charge in [-0.2, -0.15) is 0 Å². The Morgan fingerprint density at radius 1 is 0.853 bits per heavy atom. The third kappa shape index (κ3) is 4.99. The molecule has 0 aromatic heterocycles. The lowest BCUT2D eigenvalue weighted by Gasteiger charge is -2.25. The summed E-state index contributed by atoms with van der Waals surface area (Å²) in [7, 11) is 0. The Hall–Kier alpha value is -3.20. The molecule has 0 unspecified atom stereocenters. The first-order chi connectivity index (χ1) is 16.2. The summed E-state index contributed by atoms with van der Waals surface area (Å²) < 4.78 is 15.5. The van der Waals surface area contributed by atoms with Crippen LogP contribution < -0.4 is 5.73 Å². The van der Waals surface area contributed by atoms with Crippen molar-refractivity contribution in [2.24, 2.45) is 5.73 Å². The molecule has 0 fully saturated rings. The number of fused-ring (bicyclic) bond motifs is 1. The summed E-state index contributed by atoms with van der Waals surface area (Å²) in [5, 5.41) is 0. The fourth-order valence-corrected chi connectivity index (χ4v) is 4.67. The van der Waals surface area contributed by atoms with Gasteiger partial charge in [0.1, 0.15) is 5.82 Å². The van der Waals surface area contributed by atoms with Gasteiger partial charge in [0.25, 0.3) is 0 Å². The van der Waals surface area contributed by atoms with E-state index >= 15 is 4.39 Å². The van der Waals surface area contributed by atoms with Crippen molar-refractivity contribution in [2.45, 2.75) is 67.2 Å². The molecule has 0 atom stereocenters. The molecule has 178 valence electrons. The minimum absolute atomic E-state index is 0.154. The zero-order valence-corrected chi connectivity index (χ0v) is 21.3. The molecule has 3 aromatic carbocycles. The maximum atomic E-state index is 15.5. The van der Waals surface area contributed by atoms with E-state index in [1.807, 2.05) is 37.3 Å². The van der Waals surface area contributed by atoms with Crippen LogP contribution in [-0.4, -0.2) is 5.91 Å². The minimum Gasteiger partial charge on any atom is -0.366 e. The van der Waals surface area contributed by atoms with Crippen molar-refractivity contribution >= 4 is 17.1 Å². The van der Waals surface area contributed by atoms with Gasteiger partial charge >= 0.3 is 0 Å². The number of hydrogen-bond acceptors (Lipinski definition) is 1. The van der Waals surface area contributed by atoms with Gasteiger partial charge in [0.15, 0.2) is 0 Å². The normalized spacial score (nSPS) is 12.7. The number of halogens is 1. The van der Waals surface area contributed by atoms with Crippen molar-refractivity contribution < 1.29 is 9.18 Å². The van der Waals surface area contributed by atoms with Crippen LogP contribution in [0.1, 0.15) is 83.8 Å². The number of rotatable bonds is 4. The molecule has 1 aliphatic carbocycles. The average Bonchev–Trinajstić information content (AvgIpc) is 2.82. The summed E-state index contributed by atoms with van der Waals surface area (Å²) in [6, 6.07) is 15.7. The molecular weight excluding hydrogens is 421 g/mol. The van der Waals surface area contributed by atoms with Crippen molar-refractivity contribution in [3.63, 3.8) is 0 Å². The van der Waals surface area contributed by atoms with Crippen molar-refractivity contribution in [1.29, 1.82) is 0 Å². The molecule has 0 bridgehead atoms. The highest BCUT2D eigenvalue weighted by Gasteiger charge is 2.23. The highest BCUT2D eigenvalue weighted by molar-refractivity contribution is 5.97. The molecule has 0 heterocycles. The van der Waals surface area contributed by atoms with E-state index in [0.717, 1.165) is 47.1 Å². The van der Waals surface area contributed by atoms with Gasteiger partial charge in [0.2, 0.25) is 5.91 Å². The number of aryl methyl sites for hydroxylation is 3. The van der Waals surface area contributed by atoms with E-state index in [4.69, 9.17) is 5.73 Å². The predicted octanol–water partition coefficient (Wildman–Crippen LogP) is 8.20. The minimum atomic E-state index is -0.407. The third-order valence-corrected chi connectivity index (χ3v) is 6.61. The van der Waals surface area contributed by atoms with Gasteiger partial charge in [0, 0.05) is 11.1 Å². The van der Waals surface area contributed by atoms with Gasteiger partial charge < -0.3 is 5.73 Å². The first-order valence-corrected chi connectivity index (χ1v) is 12.3. The molecule has 34 heavy (non-hydrogen) atoms. The number of primary amides is 1. The molecule has 0 radical (unpaired) electrons. The van der Waals surface area contributed by atoms with E-state index in [9.17, 15) is 4.79 Å². The van der Waals surface area contributed by atoms with Crippen molar-refractivity contribution in [3.05, 3.63) is 93.3 Å². The molecule has 3 heteroatoms. The Kier molecular flexibility index (Phi) is 8.09. The number of hydrogen-bond donors (Lipinski definition) is 1. The summed E-state index contributed by atoms with van der Waals surface area (Å²) in [4.78, 5) is 11.6. The van der Waals surface area contributed by atoms with E-state index in [1.165, 1.54) is 23.1 Å². The second kappa shape index (κ2) is 10.8. The SMILES string of the molecule is CCC.CCC1=C(c2ccc(-c3ccc(C)c(C)c3)c(F)c2C)CCc2cc(C(N)=O)ccc21. The number of amides is 1. The van der Waals surface area contributed by atoms with Crippen LogP contribution in [0.5, 0.6) is 0 Å². The van der Waals surface area contributed by atoms with Crippen LogP contribution in [0.25, 0.3) is 22.3 Å². The third-order valence-electron chi connectivity index (χ3n) is 6.61. The number of carbonyl (C=O) groups excluding carboxylic acids is 1. The Morgan fingerprint density at radius 3 is 2.12 bits per heavy atom. The number of carbonyl (C=O) groups is 1. The van der Waals surface area contributed by atoms with Gasteiger partial charge in [-0.25, -0.2) is 4.39 Å². The topological polar surface area (TPSA) is 43.1 Å². The van der Waals surface area contributed by atoms with E-state index in [1.54, 1.807) is 6.07 Å². The molecule has 0 saturated heterocycles. The fourth-order valence-electron chi connectivity index (χ4n) is 4.67. The molecule has 4 rings (SSSR count). The maximum absolute atomic E-state index is 15.5. The summed E-state index contributed by atoms with van der Waals surface area (Å²) in [6.07, 6.45) is 3.73. The standard InChI is InChI=1S/C28H28FNO.C3H8/c1-5-22-24-10-9-21(28(30)31)15-20(24)8-11-26(22)23-12-13-25(27(29)18(23)4)19-7-6-16(2)17(3)14-19;1-3-2/h6-7,9-10,12-15H,5,8,11H2,1-4H3,(H2,30,31);3H2,1-2H3. The van der Waals surface area contributed by atoms with Gasteiger partial charge in [-0.1, -0.05) is 63.6 Å². The number of nitrogens with two attached hydrogens (primary N) is 1. The number of benzene rings is 3. The lowest BCUT2D eigenvalue weighted by molar-refractivity contribution is 0.1000. The van der Waals surface area contributed by atoms with E-state index in [-0.39, 0.29) is 5.82 Å². The van der Waals surface area contributed by atoms with Gasteiger partial charge in [-0.3, -0.25) is 4.79 Å². The van der Waals surface area contributed by atoms with Crippen molar-refractivity contribution in [3.8, 4) is 11.1 Å². The molecule has 0 saturated carbocycles. The summed E-state index contributed by atoms with van der Waals surface area (Å²) in [5.74, 6) is -0.561. The van der Waals surface area contributed by atoms with Crippen LogP contribution in [0.15, 0.2) is 48.5 Å². The summed E-state index contributed by atoms with van der Waals surface area (Å²) >= 11 is 0. The monoisotopic (exact) mass is 457 g/mol. The lowest BCUT2D eigenvalue weighted by Crippen LogP contribution is -2.13. The van der Waals surface area contributed by atoms with Crippen LogP contribution in [0.4, 0.5) is 4.39 Å². The second-order valence-electron chi connectivity index (χ2n) is 9.15. The van der Waals surface area contributed by atoms with E-state index in [0.29, 0.717) is 16.7 Å². The van der Waals surface area contributed by atoms with Crippen LogP contribution >= 0.6 is 0 Å². The Balaban J connectivity index is 0.00000103. The predicted molar refractivity (Wildman–Crippen MR) is 142 cm³/mol. The van der Waals surface area contributed by atoms with Gasteiger partial charge in [-0.15, -0.1) is 0 Å². The fraction of sp³-hybridized carbons (Fsp3) is 0.323. The van der Waals surface area contributed by atoms with Crippen LogP contribution in [0, 0.1) is 26.6 Å². The number of allylic oxidation sites excluding steroid dienone is 2. The Morgan fingerprint density at radius 2 is 1.50 bits per heavy atom. The van der Waals surface area contributed by atoms with Crippen molar-refractivity contribution in [2.75, 3.05) is 0 Å². The maximum Gasteiger partial charge on any atom is 0.248 e. The molecule has 1 aliphatic rings. The second-order valence-corrected chi connectivity index (χ2v) is 9.15. The highest BCUT2D eigenvalue weighted by Crippen LogP contribution is 2.41. The molecule has 0 spiro atoms. The zero-order valence-electron chi connectivity index (χ0n) is 21.3. The Labute approximate surface area is 203 Å². The first-order valence-electron chi connectivity index (χ1n) is 12.3. The van der Waals surface area contributed by atoms with Crippen LogP contribution in [0.2, 0.25) is 0 Å². The Bertz CT molecular complexity index is 1250. The smallest absolute Gasteiger partial charge is 0.248 e. The largest absolute Gasteiger partial charge is 0.366 e. The van der Waals surface area contributed by atoms with Gasteiger partial charge in [0.05, 0.1) is 0 Å². The zero-order chi connectivity index (χ0) is 25.0. The highest BCUT2D eigenvalue weighted by atomic mass is 19.1. The van der Waals surface area contributed by atoms with Gasteiger partial charge in [-0.05, 0) is 102 Å². The molecular formula is C31H36FNO. The van der Waals surface area contributed by atoms with Crippen molar-refractivity contribution in [1.82, 2.24) is 0 Å². The molecule has 3 aromatic rings. The molecule has 2 N–H and O–H groups in total.